The van der Waals surface area contributed by atoms with E-state index in [9.17, 15) is 4.79 Å². The van der Waals surface area contributed by atoms with Crippen molar-refractivity contribution < 1.29 is 4.79 Å². The van der Waals surface area contributed by atoms with Crippen molar-refractivity contribution in [2.75, 3.05) is 29.9 Å². The van der Waals surface area contributed by atoms with E-state index in [0.717, 1.165) is 25.2 Å². The summed E-state index contributed by atoms with van der Waals surface area (Å²) in [6, 6.07) is 8.12. The third-order valence-electron chi connectivity index (χ3n) is 3.99. The van der Waals surface area contributed by atoms with E-state index < -0.39 is 0 Å². The molecule has 20 heavy (non-hydrogen) atoms. The molecule has 110 valence electrons. The Balaban J connectivity index is 1.95. The lowest BCUT2D eigenvalue weighted by Gasteiger charge is -2.19. The van der Waals surface area contributed by atoms with E-state index in [4.69, 9.17) is 5.73 Å². The normalized spacial score (nSPS) is 16.2. The molecule has 1 heterocycles. The molecule has 1 aromatic rings. The summed E-state index contributed by atoms with van der Waals surface area (Å²) < 4.78 is 0. The first-order valence-electron chi connectivity index (χ1n) is 7.58. The second-order valence-corrected chi connectivity index (χ2v) is 5.51. The largest absolute Gasteiger partial charge is 0.371 e. The molecule has 0 saturated carbocycles. The predicted molar refractivity (Wildman–Crippen MR) is 84.0 cm³/mol. The summed E-state index contributed by atoms with van der Waals surface area (Å²) in [4.78, 5) is 14.4. The van der Waals surface area contributed by atoms with Gasteiger partial charge in [0.05, 0.1) is 0 Å². The highest BCUT2D eigenvalue weighted by Crippen LogP contribution is 2.23. The van der Waals surface area contributed by atoms with Gasteiger partial charge in [0.25, 0.3) is 0 Å². The number of amides is 1. The van der Waals surface area contributed by atoms with Gasteiger partial charge in [0.2, 0.25) is 5.91 Å². The van der Waals surface area contributed by atoms with E-state index >= 15 is 0 Å². The Morgan fingerprint density at radius 3 is 2.80 bits per heavy atom. The van der Waals surface area contributed by atoms with Gasteiger partial charge in [0.15, 0.2) is 0 Å². The smallest absolute Gasteiger partial charge is 0.224 e. The van der Waals surface area contributed by atoms with Crippen molar-refractivity contribution in [2.24, 2.45) is 11.7 Å². The highest BCUT2D eigenvalue weighted by molar-refractivity contribution is 5.91. The molecule has 0 aromatic heterocycles. The lowest BCUT2D eigenvalue weighted by molar-refractivity contribution is -0.117. The second kappa shape index (κ2) is 7.29. The molecule has 1 aliphatic heterocycles. The van der Waals surface area contributed by atoms with Crippen LogP contribution in [0.1, 0.15) is 32.6 Å². The van der Waals surface area contributed by atoms with Gasteiger partial charge in [-0.25, -0.2) is 0 Å². The maximum absolute atomic E-state index is 12.0. The van der Waals surface area contributed by atoms with Crippen molar-refractivity contribution >= 4 is 17.3 Å². The summed E-state index contributed by atoms with van der Waals surface area (Å²) in [7, 11) is 0. The van der Waals surface area contributed by atoms with Gasteiger partial charge in [-0.1, -0.05) is 19.4 Å². The van der Waals surface area contributed by atoms with E-state index in [0.29, 0.717) is 13.0 Å². The average Bonchev–Trinajstić information content (AvgIpc) is 2.99. The molecule has 1 saturated heterocycles. The van der Waals surface area contributed by atoms with Crippen LogP contribution in [0.15, 0.2) is 24.3 Å². The minimum atomic E-state index is 0.0564. The third-order valence-corrected chi connectivity index (χ3v) is 3.99. The molecule has 2 rings (SSSR count). The zero-order valence-electron chi connectivity index (χ0n) is 12.3. The summed E-state index contributed by atoms with van der Waals surface area (Å²) in [5.41, 5.74) is 7.73. The van der Waals surface area contributed by atoms with Crippen molar-refractivity contribution in [3.05, 3.63) is 24.3 Å². The number of carbonyl (C=O) groups excluding carboxylic acids is 1. The van der Waals surface area contributed by atoms with E-state index in [2.05, 4.69) is 29.3 Å². The fourth-order valence-electron chi connectivity index (χ4n) is 2.62. The summed E-state index contributed by atoms with van der Waals surface area (Å²) >= 11 is 0. The van der Waals surface area contributed by atoms with Crippen molar-refractivity contribution in [3.63, 3.8) is 0 Å². The van der Waals surface area contributed by atoms with Gasteiger partial charge in [-0.2, -0.15) is 0 Å². The molecule has 0 radical (unpaired) electrons. The molecule has 1 aliphatic rings. The number of nitrogens with two attached hydrogens (primary N) is 1. The van der Waals surface area contributed by atoms with E-state index in [1.54, 1.807) is 0 Å². The molecule has 3 N–H and O–H groups in total. The van der Waals surface area contributed by atoms with Gasteiger partial charge in [-0.15, -0.1) is 0 Å². The van der Waals surface area contributed by atoms with E-state index in [1.807, 2.05) is 12.1 Å². The Bertz CT molecular complexity index is 437. The highest BCUT2D eigenvalue weighted by Gasteiger charge is 2.14. The summed E-state index contributed by atoms with van der Waals surface area (Å²) in [5, 5.41) is 2.98. The van der Waals surface area contributed by atoms with Gasteiger partial charge in [0, 0.05) is 30.9 Å². The first kappa shape index (κ1) is 14.9. The SMILES string of the molecule is CCC(CN)CC(=O)Nc1cccc(N2CCCC2)c1. The third kappa shape index (κ3) is 3.97. The molecular formula is C16H25N3O. The monoisotopic (exact) mass is 275 g/mol. The van der Waals surface area contributed by atoms with Crippen LogP contribution in [-0.2, 0) is 4.79 Å². The number of nitrogens with zero attached hydrogens (tertiary/aromatic N) is 1. The fraction of sp³-hybridized carbons (Fsp3) is 0.562. The lowest BCUT2D eigenvalue weighted by Crippen LogP contribution is -2.22. The van der Waals surface area contributed by atoms with Crippen molar-refractivity contribution in [3.8, 4) is 0 Å². The van der Waals surface area contributed by atoms with Crippen molar-refractivity contribution in [1.29, 1.82) is 0 Å². The number of hydrogen-bond acceptors (Lipinski definition) is 3. The number of carbonyl (C=O) groups is 1. The maximum atomic E-state index is 12.0. The first-order valence-corrected chi connectivity index (χ1v) is 7.58. The molecular weight excluding hydrogens is 250 g/mol. The molecule has 1 atom stereocenters. The van der Waals surface area contributed by atoms with Gasteiger partial charge in [-0.3, -0.25) is 4.79 Å². The van der Waals surface area contributed by atoms with Crippen LogP contribution in [0, 0.1) is 5.92 Å². The van der Waals surface area contributed by atoms with Crippen LogP contribution in [0.2, 0.25) is 0 Å². The van der Waals surface area contributed by atoms with Crippen LogP contribution in [0.4, 0.5) is 11.4 Å². The van der Waals surface area contributed by atoms with Crippen molar-refractivity contribution in [1.82, 2.24) is 0 Å². The molecule has 1 amide bonds. The number of rotatable bonds is 6. The van der Waals surface area contributed by atoms with Gasteiger partial charge >= 0.3 is 0 Å². The molecule has 4 nitrogen and oxygen atoms in total. The van der Waals surface area contributed by atoms with Gasteiger partial charge in [-0.05, 0) is 43.5 Å². The molecule has 1 fully saturated rings. The Morgan fingerprint density at radius 1 is 1.40 bits per heavy atom. The van der Waals surface area contributed by atoms with Crippen LogP contribution < -0.4 is 16.0 Å². The van der Waals surface area contributed by atoms with Gasteiger partial charge in [0.1, 0.15) is 0 Å². The van der Waals surface area contributed by atoms with Crippen LogP contribution in [0.3, 0.4) is 0 Å². The van der Waals surface area contributed by atoms with Crippen LogP contribution in [0.5, 0.6) is 0 Å². The quantitative estimate of drug-likeness (QED) is 0.839. The molecule has 0 spiro atoms. The summed E-state index contributed by atoms with van der Waals surface area (Å²) in [5.74, 6) is 0.331. The first-order chi connectivity index (χ1) is 9.72. The molecule has 1 aromatic carbocycles. The minimum absolute atomic E-state index is 0.0564. The van der Waals surface area contributed by atoms with Crippen LogP contribution in [0.25, 0.3) is 0 Å². The van der Waals surface area contributed by atoms with Crippen LogP contribution >= 0.6 is 0 Å². The second-order valence-electron chi connectivity index (χ2n) is 5.51. The molecule has 0 bridgehead atoms. The Labute approximate surface area is 121 Å². The lowest BCUT2D eigenvalue weighted by atomic mass is 10.0. The van der Waals surface area contributed by atoms with Crippen LogP contribution in [-0.4, -0.2) is 25.5 Å². The predicted octanol–water partition coefficient (Wildman–Crippen LogP) is 2.60. The summed E-state index contributed by atoms with van der Waals surface area (Å²) in [6.07, 6.45) is 3.95. The Hall–Kier alpha value is -1.55. The maximum Gasteiger partial charge on any atom is 0.224 e. The number of hydrogen-bond donors (Lipinski definition) is 2. The van der Waals surface area contributed by atoms with Crippen molar-refractivity contribution in [2.45, 2.75) is 32.6 Å². The van der Waals surface area contributed by atoms with E-state index in [-0.39, 0.29) is 11.8 Å². The number of nitrogens with one attached hydrogen (secondary N) is 1. The number of benzene rings is 1. The Morgan fingerprint density at radius 2 is 2.15 bits per heavy atom. The average molecular weight is 275 g/mol. The molecule has 4 heteroatoms. The molecule has 1 unspecified atom stereocenters. The standard InChI is InChI=1S/C16H25N3O/c1-2-13(12-17)10-16(20)18-14-6-5-7-15(11-14)19-8-3-4-9-19/h5-7,11,13H,2-4,8-10,12,17H2,1H3,(H,18,20). The zero-order chi connectivity index (χ0) is 14.4. The Kier molecular flexibility index (Phi) is 5.41. The van der Waals surface area contributed by atoms with E-state index in [1.165, 1.54) is 18.5 Å². The number of anilines is 2. The summed E-state index contributed by atoms with van der Waals surface area (Å²) in [6.45, 7) is 4.86. The molecule has 0 aliphatic carbocycles. The van der Waals surface area contributed by atoms with Gasteiger partial charge < -0.3 is 16.0 Å². The minimum Gasteiger partial charge on any atom is -0.371 e. The topological polar surface area (TPSA) is 58.4 Å². The zero-order valence-corrected chi connectivity index (χ0v) is 12.3. The highest BCUT2D eigenvalue weighted by atomic mass is 16.1. The fourth-order valence-corrected chi connectivity index (χ4v) is 2.62.